The van der Waals surface area contributed by atoms with Crippen molar-refractivity contribution in [2.75, 3.05) is 13.6 Å². The SMILES string of the molecule is Cc1ccc2[nH]c(-c3nc(CCN(C)C(=O)C(C)(C)C)no3)c(C)c2c1. The van der Waals surface area contributed by atoms with Crippen LogP contribution >= 0.6 is 0 Å². The first-order valence-corrected chi connectivity index (χ1v) is 8.84. The number of nitrogens with one attached hydrogen (secondary N) is 1. The highest BCUT2D eigenvalue weighted by atomic mass is 16.5. The molecule has 1 amide bonds. The standard InChI is InChI=1S/C20H26N4O2/c1-12-7-8-15-14(11-12)13(2)17(21-15)18-22-16(23-26-18)9-10-24(6)19(25)20(3,4)5/h7-8,11,21H,9-10H2,1-6H3. The Kier molecular flexibility index (Phi) is 4.61. The normalized spacial score (nSPS) is 11.9. The Morgan fingerprint density at radius 3 is 2.69 bits per heavy atom. The summed E-state index contributed by atoms with van der Waals surface area (Å²) < 4.78 is 5.46. The van der Waals surface area contributed by atoms with Crippen molar-refractivity contribution in [3.8, 4) is 11.6 Å². The highest BCUT2D eigenvalue weighted by molar-refractivity contribution is 5.89. The van der Waals surface area contributed by atoms with Gasteiger partial charge in [-0.05, 0) is 31.5 Å². The minimum atomic E-state index is -0.392. The van der Waals surface area contributed by atoms with Gasteiger partial charge in [-0.2, -0.15) is 4.98 Å². The van der Waals surface area contributed by atoms with Gasteiger partial charge in [0.25, 0.3) is 5.89 Å². The molecule has 0 unspecified atom stereocenters. The molecule has 0 aliphatic heterocycles. The fourth-order valence-corrected chi connectivity index (χ4v) is 3.05. The third-order valence-corrected chi connectivity index (χ3v) is 4.55. The Bertz CT molecular complexity index is 947. The van der Waals surface area contributed by atoms with Crippen molar-refractivity contribution in [1.29, 1.82) is 0 Å². The Morgan fingerprint density at radius 2 is 2.00 bits per heavy atom. The molecule has 0 aliphatic rings. The topological polar surface area (TPSA) is 75.0 Å². The molecule has 138 valence electrons. The van der Waals surface area contributed by atoms with Crippen molar-refractivity contribution in [2.45, 2.75) is 41.0 Å². The van der Waals surface area contributed by atoms with Crippen molar-refractivity contribution in [1.82, 2.24) is 20.0 Å². The first-order chi connectivity index (χ1) is 12.2. The number of benzene rings is 1. The Hall–Kier alpha value is -2.63. The van der Waals surface area contributed by atoms with E-state index in [2.05, 4.69) is 40.2 Å². The van der Waals surface area contributed by atoms with Crippen LogP contribution in [-0.2, 0) is 11.2 Å². The lowest BCUT2D eigenvalue weighted by molar-refractivity contribution is -0.138. The fourth-order valence-electron chi connectivity index (χ4n) is 3.05. The number of carbonyl (C=O) groups excluding carboxylic acids is 1. The summed E-state index contributed by atoms with van der Waals surface area (Å²) in [6.07, 6.45) is 0.556. The summed E-state index contributed by atoms with van der Waals surface area (Å²) in [5.41, 5.74) is 3.82. The minimum absolute atomic E-state index is 0.100. The van der Waals surface area contributed by atoms with Gasteiger partial charge in [0.05, 0.1) is 0 Å². The minimum Gasteiger partial charge on any atom is -0.350 e. The van der Waals surface area contributed by atoms with E-state index in [-0.39, 0.29) is 5.91 Å². The van der Waals surface area contributed by atoms with Crippen LogP contribution in [0.15, 0.2) is 22.7 Å². The predicted molar refractivity (Wildman–Crippen MR) is 102 cm³/mol. The highest BCUT2D eigenvalue weighted by Crippen LogP contribution is 2.29. The smallest absolute Gasteiger partial charge is 0.274 e. The van der Waals surface area contributed by atoms with Crippen molar-refractivity contribution < 1.29 is 9.32 Å². The van der Waals surface area contributed by atoms with Crippen LogP contribution in [0.4, 0.5) is 0 Å². The van der Waals surface area contributed by atoms with Crippen molar-refractivity contribution >= 4 is 16.8 Å². The van der Waals surface area contributed by atoms with Gasteiger partial charge in [-0.1, -0.05) is 37.6 Å². The number of nitrogens with zero attached hydrogens (tertiary/aromatic N) is 3. The number of aryl methyl sites for hydroxylation is 2. The molecule has 1 N–H and O–H groups in total. The van der Waals surface area contributed by atoms with Gasteiger partial charge in [-0.25, -0.2) is 0 Å². The number of carbonyl (C=O) groups is 1. The highest BCUT2D eigenvalue weighted by Gasteiger charge is 2.25. The van der Waals surface area contributed by atoms with Crippen LogP contribution in [-0.4, -0.2) is 39.5 Å². The number of hydrogen-bond acceptors (Lipinski definition) is 4. The second kappa shape index (κ2) is 6.59. The molecule has 0 atom stereocenters. The molecule has 0 radical (unpaired) electrons. The molecule has 26 heavy (non-hydrogen) atoms. The molecule has 6 nitrogen and oxygen atoms in total. The van der Waals surface area contributed by atoms with E-state index >= 15 is 0 Å². The molecule has 1 aromatic carbocycles. The molecule has 0 fully saturated rings. The van der Waals surface area contributed by atoms with Gasteiger partial charge >= 0.3 is 0 Å². The fraction of sp³-hybridized carbons (Fsp3) is 0.450. The largest absolute Gasteiger partial charge is 0.350 e. The Labute approximate surface area is 153 Å². The van der Waals surface area contributed by atoms with E-state index in [1.807, 2.05) is 27.7 Å². The number of fused-ring (bicyclic) bond motifs is 1. The number of aromatic amines is 1. The maximum atomic E-state index is 12.2. The zero-order valence-electron chi connectivity index (χ0n) is 16.3. The van der Waals surface area contributed by atoms with Crippen LogP contribution < -0.4 is 0 Å². The molecule has 0 spiro atoms. The van der Waals surface area contributed by atoms with Crippen LogP contribution in [0.3, 0.4) is 0 Å². The van der Waals surface area contributed by atoms with Gasteiger partial charge in [-0.15, -0.1) is 0 Å². The van der Waals surface area contributed by atoms with Gasteiger partial charge in [0.1, 0.15) is 5.69 Å². The van der Waals surface area contributed by atoms with E-state index in [0.717, 1.165) is 22.2 Å². The first kappa shape index (κ1) is 18.2. The van der Waals surface area contributed by atoms with Gasteiger partial charge in [0.15, 0.2) is 5.82 Å². The molecule has 2 heterocycles. The first-order valence-electron chi connectivity index (χ1n) is 8.84. The number of H-pyrrole nitrogens is 1. The molecule has 2 aromatic heterocycles. The number of amides is 1. The van der Waals surface area contributed by atoms with Crippen LogP contribution in [0.25, 0.3) is 22.5 Å². The average molecular weight is 354 g/mol. The predicted octanol–water partition coefficient (Wildman–Crippen LogP) is 3.88. The molecule has 0 aliphatic carbocycles. The molecule has 3 aromatic rings. The summed E-state index contributed by atoms with van der Waals surface area (Å²) in [6, 6.07) is 6.28. The molecule has 3 rings (SSSR count). The summed E-state index contributed by atoms with van der Waals surface area (Å²) in [5.74, 6) is 1.18. The Morgan fingerprint density at radius 1 is 1.27 bits per heavy atom. The Balaban J connectivity index is 1.76. The van der Waals surface area contributed by atoms with Gasteiger partial charge in [0, 0.05) is 36.3 Å². The lowest BCUT2D eigenvalue weighted by Crippen LogP contribution is -2.37. The number of likely N-dealkylation sites (N-methyl/N-ethyl adjacent to an activating group) is 1. The number of aromatic nitrogens is 3. The van der Waals surface area contributed by atoms with Crippen molar-refractivity contribution in [2.24, 2.45) is 5.41 Å². The van der Waals surface area contributed by atoms with Gasteiger partial charge in [0.2, 0.25) is 5.91 Å². The van der Waals surface area contributed by atoms with E-state index in [9.17, 15) is 4.79 Å². The van der Waals surface area contributed by atoms with Gasteiger partial charge in [-0.3, -0.25) is 4.79 Å². The zero-order chi connectivity index (χ0) is 19.1. The van der Waals surface area contributed by atoms with E-state index < -0.39 is 5.41 Å². The summed E-state index contributed by atoms with van der Waals surface area (Å²) in [6.45, 7) is 10.4. The van der Waals surface area contributed by atoms with Gasteiger partial charge < -0.3 is 14.4 Å². The molecule has 6 heteroatoms. The third kappa shape index (κ3) is 3.49. The van der Waals surface area contributed by atoms with Crippen molar-refractivity contribution in [3.63, 3.8) is 0 Å². The van der Waals surface area contributed by atoms with E-state index in [1.54, 1.807) is 11.9 Å². The maximum Gasteiger partial charge on any atom is 0.274 e. The number of hydrogen-bond donors (Lipinski definition) is 1. The molecule has 0 bridgehead atoms. The van der Waals surface area contributed by atoms with E-state index in [1.165, 1.54) is 5.56 Å². The zero-order valence-corrected chi connectivity index (χ0v) is 16.3. The summed E-state index contributed by atoms with van der Waals surface area (Å²) in [5, 5.41) is 5.23. The number of rotatable bonds is 4. The lowest BCUT2D eigenvalue weighted by atomic mass is 9.95. The van der Waals surface area contributed by atoms with E-state index in [4.69, 9.17) is 4.52 Å². The third-order valence-electron chi connectivity index (χ3n) is 4.55. The second-order valence-corrected chi connectivity index (χ2v) is 7.92. The molecule has 0 saturated heterocycles. The monoisotopic (exact) mass is 354 g/mol. The summed E-state index contributed by atoms with van der Waals surface area (Å²) in [7, 11) is 1.80. The summed E-state index contributed by atoms with van der Waals surface area (Å²) >= 11 is 0. The van der Waals surface area contributed by atoms with Crippen LogP contribution in [0.5, 0.6) is 0 Å². The second-order valence-electron chi connectivity index (χ2n) is 7.92. The molecule has 0 saturated carbocycles. The van der Waals surface area contributed by atoms with Crippen LogP contribution in [0.1, 0.15) is 37.7 Å². The maximum absolute atomic E-state index is 12.2. The van der Waals surface area contributed by atoms with Crippen LogP contribution in [0.2, 0.25) is 0 Å². The molecular formula is C20H26N4O2. The van der Waals surface area contributed by atoms with E-state index in [0.29, 0.717) is 24.7 Å². The quantitative estimate of drug-likeness (QED) is 0.771. The average Bonchev–Trinajstić information content (AvgIpc) is 3.16. The molecular weight excluding hydrogens is 328 g/mol. The summed E-state index contributed by atoms with van der Waals surface area (Å²) in [4.78, 5) is 21.8. The van der Waals surface area contributed by atoms with Crippen molar-refractivity contribution in [3.05, 3.63) is 35.2 Å². The lowest BCUT2D eigenvalue weighted by Gasteiger charge is -2.25. The van der Waals surface area contributed by atoms with Crippen LogP contribution in [0, 0.1) is 19.3 Å².